The van der Waals surface area contributed by atoms with Gasteiger partial charge in [0.2, 0.25) is 5.91 Å². The molecule has 5 fully saturated rings. The van der Waals surface area contributed by atoms with Gasteiger partial charge >= 0.3 is 0 Å². The van der Waals surface area contributed by atoms with Crippen LogP contribution in [0.1, 0.15) is 82.6 Å². The summed E-state index contributed by atoms with van der Waals surface area (Å²) >= 11 is 0. The number of benzene rings is 1. The maximum atomic E-state index is 13.7. The summed E-state index contributed by atoms with van der Waals surface area (Å²) in [6.07, 6.45) is 13.0. The van der Waals surface area contributed by atoms with E-state index in [0.717, 1.165) is 44.9 Å². The Morgan fingerprint density at radius 1 is 1.00 bits per heavy atom. The van der Waals surface area contributed by atoms with E-state index in [9.17, 15) is 9.18 Å². The normalized spacial score (nSPS) is 39.8. The van der Waals surface area contributed by atoms with Crippen molar-refractivity contribution in [2.24, 2.45) is 16.7 Å². The molecule has 0 heterocycles. The van der Waals surface area contributed by atoms with Crippen LogP contribution >= 0.6 is 0 Å². The van der Waals surface area contributed by atoms with Gasteiger partial charge in [-0.3, -0.25) is 9.18 Å². The van der Waals surface area contributed by atoms with Gasteiger partial charge in [0, 0.05) is 6.04 Å². The summed E-state index contributed by atoms with van der Waals surface area (Å²) in [5.74, 6) is 0.868. The van der Waals surface area contributed by atoms with Crippen molar-refractivity contribution in [3.8, 4) is 0 Å². The van der Waals surface area contributed by atoms with Crippen molar-refractivity contribution >= 4 is 5.91 Å². The van der Waals surface area contributed by atoms with Gasteiger partial charge in [0.25, 0.3) is 0 Å². The van der Waals surface area contributed by atoms with E-state index in [1.165, 1.54) is 31.2 Å². The standard InChI is InChI=1S/C25H34FNO/c26-12-11-23-13-19-14-24(16-23,20-7-3-1-4-8-20)18-25(15-19,17-23)22(28)27-21-9-5-2-6-10-21/h1,3-4,7-8,19,21H,2,5-6,9-18H2,(H,27,28)/t19-,23-,24-,25?/m1/s1. The van der Waals surface area contributed by atoms with E-state index >= 15 is 0 Å². The molecule has 1 N–H and O–H groups in total. The fourth-order valence-electron chi connectivity index (χ4n) is 8.07. The summed E-state index contributed by atoms with van der Waals surface area (Å²) in [5, 5.41) is 3.47. The Balaban J connectivity index is 1.49. The number of hydrogen-bond acceptors (Lipinski definition) is 1. The second-order valence-electron chi connectivity index (χ2n) is 10.7. The first kappa shape index (κ1) is 18.6. The lowest BCUT2D eigenvalue weighted by Crippen LogP contribution is -2.63. The van der Waals surface area contributed by atoms with Crippen LogP contribution in [-0.2, 0) is 10.2 Å². The first-order chi connectivity index (χ1) is 13.6. The molecule has 1 unspecified atom stereocenters. The van der Waals surface area contributed by atoms with E-state index in [-0.39, 0.29) is 22.9 Å². The molecule has 3 heteroatoms. The third kappa shape index (κ3) is 3.00. The highest BCUT2D eigenvalue weighted by Gasteiger charge is 2.65. The van der Waals surface area contributed by atoms with Crippen molar-refractivity contribution < 1.29 is 9.18 Å². The molecule has 1 aromatic carbocycles. The van der Waals surface area contributed by atoms with Crippen LogP contribution < -0.4 is 5.32 Å². The predicted octanol–water partition coefficient (Wildman–Crippen LogP) is 5.70. The number of halogens is 1. The van der Waals surface area contributed by atoms with Crippen LogP contribution in [0.4, 0.5) is 4.39 Å². The van der Waals surface area contributed by atoms with Gasteiger partial charge in [0.1, 0.15) is 0 Å². The van der Waals surface area contributed by atoms with E-state index in [1.807, 2.05) is 0 Å². The number of amides is 1. The molecular weight excluding hydrogens is 349 g/mol. The summed E-state index contributed by atoms with van der Waals surface area (Å²) in [7, 11) is 0. The molecule has 152 valence electrons. The van der Waals surface area contributed by atoms with Crippen LogP contribution in [0.3, 0.4) is 0 Å². The summed E-state index contributed by atoms with van der Waals surface area (Å²) in [6, 6.07) is 11.2. The van der Waals surface area contributed by atoms with Gasteiger partial charge in [-0.25, -0.2) is 0 Å². The number of carbonyl (C=O) groups excluding carboxylic acids is 1. The van der Waals surface area contributed by atoms with Crippen molar-refractivity contribution in [3.63, 3.8) is 0 Å². The molecule has 5 saturated carbocycles. The topological polar surface area (TPSA) is 29.1 Å². The highest BCUT2D eigenvalue weighted by Crippen LogP contribution is 2.71. The summed E-state index contributed by atoms with van der Waals surface area (Å²) in [6.45, 7) is -0.252. The van der Waals surface area contributed by atoms with E-state index in [1.54, 1.807) is 0 Å². The fraction of sp³-hybridized carbons (Fsp3) is 0.720. The molecule has 4 bridgehead atoms. The lowest BCUT2D eigenvalue weighted by atomic mass is 9.38. The second-order valence-corrected chi connectivity index (χ2v) is 10.7. The smallest absolute Gasteiger partial charge is 0.226 e. The number of nitrogens with one attached hydrogen (secondary N) is 1. The van der Waals surface area contributed by atoms with Gasteiger partial charge in [0.05, 0.1) is 12.1 Å². The van der Waals surface area contributed by atoms with E-state index in [4.69, 9.17) is 0 Å². The molecule has 1 amide bonds. The van der Waals surface area contributed by atoms with Crippen molar-refractivity contribution in [1.82, 2.24) is 5.32 Å². The van der Waals surface area contributed by atoms with Gasteiger partial charge in [0.15, 0.2) is 0 Å². The monoisotopic (exact) mass is 383 g/mol. The quantitative estimate of drug-likeness (QED) is 0.694. The predicted molar refractivity (Wildman–Crippen MR) is 110 cm³/mol. The molecule has 0 saturated heterocycles. The van der Waals surface area contributed by atoms with Crippen molar-refractivity contribution in [2.75, 3.05) is 6.67 Å². The molecule has 5 aliphatic carbocycles. The maximum absolute atomic E-state index is 13.7. The van der Waals surface area contributed by atoms with Crippen LogP contribution in [0.15, 0.2) is 30.3 Å². The Hall–Kier alpha value is -1.38. The Labute approximate surface area is 168 Å². The minimum atomic E-state index is -0.276. The molecule has 0 aromatic heterocycles. The Bertz CT molecular complexity index is 729. The first-order valence-electron chi connectivity index (χ1n) is 11.5. The highest BCUT2D eigenvalue weighted by molar-refractivity contribution is 5.84. The number of alkyl halides is 1. The molecule has 1 aromatic rings. The van der Waals surface area contributed by atoms with Crippen LogP contribution in [0.5, 0.6) is 0 Å². The lowest BCUT2D eigenvalue weighted by Gasteiger charge is -2.66. The Morgan fingerprint density at radius 3 is 2.54 bits per heavy atom. The fourth-order valence-corrected chi connectivity index (χ4v) is 8.07. The molecule has 0 radical (unpaired) electrons. The van der Waals surface area contributed by atoms with Crippen LogP contribution in [0.2, 0.25) is 0 Å². The SMILES string of the molecule is O=C(NC1CCCCC1)C12C[C@@H]3C[C@@](CCF)(C1)C[C@](c1ccccc1)(C3)C2. The Kier molecular flexibility index (Phi) is 4.56. The average Bonchev–Trinajstić information content (AvgIpc) is 2.68. The molecule has 0 spiro atoms. The molecule has 2 nitrogen and oxygen atoms in total. The minimum Gasteiger partial charge on any atom is -0.353 e. The zero-order chi connectivity index (χ0) is 19.2. The van der Waals surface area contributed by atoms with Crippen molar-refractivity contribution in [3.05, 3.63) is 35.9 Å². The largest absolute Gasteiger partial charge is 0.353 e. The maximum Gasteiger partial charge on any atom is 0.226 e. The zero-order valence-electron chi connectivity index (χ0n) is 17.0. The third-order valence-electron chi connectivity index (χ3n) is 8.62. The lowest BCUT2D eigenvalue weighted by molar-refractivity contribution is -0.165. The summed E-state index contributed by atoms with van der Waals surface area (Å²) < 4.78 is 13.6. The van der Waals surface area contributed by atoms with Gasteiger partial charge in [-0.05, 0) is 80.1 Å². The second kappa shape index (κ2) is 6.85. The highest BCUT2D eigenvalue weighted by atomic mass is 19.1. The van der Waals surface area contributed by atoms with Crippen molar-refractivity contribution in [2.45, 2.75) is 88.5 Å². The van der Waals surface area contributed by atoms with Crippen LogP contribution in [0.25, 0.3) is 0 Å². The Morgan fingerprint density at radius 2 is 1.79 bits per heavy atom. The molecule has 5 aliphatic rings. The van der Waals surface area contributed by atoms with Crippen molar-refractivity contribution in [1.29, 1.82) is 0 Å². The molecule has 6 rings (SSSR count). The molecule has 28 heavy (non-hydrogen) atoms. The minimum absolute atomic E-state index is 0.0217. The van der Waals surface area contributed by atoms with Gasteiger partial charge in [-0.2, -0.15) is 0 Å². The van der Waals surface area contributed by atoms with E-state index < -0.39 is 0 Å². The number of hydrogen-bond donors (Lipinski definition) is 1. The third-order valence-corrected chi connectivity index (χ3v) is 8.62. The molecule has 0 aliphatic heterocycles. The molecule has 4 atom stereocenters. The summed E-state index contributed by atoms with van der Waals surface area (Å²) in [5.41, 5.74) is 1.20. The zero-order valence-corrected chi connectivity index (χ0v) is 17.0. The average molecular weight is 384 g/mol. The summed E-state index contributed by atoms with van der Waals surface area (Å²) in [4.78, 5) is 13.7. The van der Waals surface area contributed by atoms with E-state index in [0.29, 0.717) is 24.3 Å². The number of carbonyl (C=O) groups is 1. The van der Waals surface area contributed by atoms with Gasteiger partial charge < -0.3 is 5.32 Å². The van der Waals surface area contributed by atoms with Gasteiger partial charge in [-0.15, -0.1) is 0 Å². The van der Waals surface area contributed by atoms with E-state index in [2.05, 4.69) is 35.6 Å². The van der Waals surface area contributed by atoms with Crippen LogP contribution in [0, 0.1) is 16.7 Å². The molecular formula is C25H34FNO. The van der Waals surface area contributed by atoms with Crippen LogP contribution in [-0.4, -0.2) is 18.6 Å². The van der Waals surface area contributed by atoms with Gasteiger partial charge in [-0.1, -0.05) is 49.6 Å². The number of rotatable bonds is 5. The first-order valence-corrected chi connectivity index (χ1v) is 11.5.